The highest BCUT2D eigenvalue weighted by atomic mass is 127. The van der Waals surface area contributed by atoms with Gasteiger partial charge in [0.05, 0.1) is 5.56 Å². The molecule has 0 aliphatic carbocycles. The Bertz CT molecular complexity index is 940. The van der Waals surface area contributed by atoms with E-state index in [1.807, 2.05) is 0 Å². The smallest absolute Gasteiger partial charge is 0.338 e. The molecule has 0 spiro atoms. The van der Waals surface area contributed by atoms with Crippen molar-refractivity contribution >= 4 is 83.5 Å². The van der Waals surface area contributed by atoms with Gasteiger partial charge in [-0.2, -0.15) is 0 Å². The highest BCUT2D eigenvalue weighted by Gasteiger charge is 2.53. The van der Waals surface area contributed by atoms with Crippen LogP contribution in [-0.4, -0.2) is 65.1 Å². The molecule has 1 N–H and O–H groups in total. The fraction of sp³-hybridized carbons (Fsp3) is 0.609. The Morgan fingerprint density at radius 2 is 1.67 bits per heavy atom. The lowest BCUT2D eigenvalue weighted by molar-refractivity contribution is -0.227. The maximum atomic E-state index is 13.1. The van der Waals surface area contributed by atoms with E-state index in [1.54, 1.807) is 30.3 Å². The van der Waals surface area contributed by atoms with Crippen LogP contribution in [0.5, 0.6) is 0 Å². The molecule has 5 atom stereocenters. The predicted octanol–water partition coefficient (Wildman–Crippen LogP) is 6.06. The summed E-state index contributed by atoms with van der Waals surface area (Å²) in [5, 5.41) is 7.84. The number of benzene rings is 1. The zero-order valence-electron chi connectivity index (χ0n) is 20.9. The number of halogens is 4. The van der Waals surface area contributed by atoms with Gasteiger partial charge in [0.1, 0.15) is 22.7 Å². The van der Waals surface area contributed by atoms with Crippen LogP contribution in [0.15, 0.2) is 30.3 Å². The molecule has 0 radical (unpaired) electrons. The quantitative estimate of drug-likeness (QED) is 0.0925. The highest BCUT2D eigenvalue weighted by molar-refractivity contribution is 14.1. The van der Waals surface area contributed by atoms with Gasteiger partial charge in [-0.25, -0.2) is 4.79 Å². The zero-order valence-corrected chi connectivity index (χ0v) is 26.3. The molecule has 8 nitrogen and oxygen atoms in total. The summed E-state index contributed by atoms with van der Waals surface area (Å²) in [5.41, 5.74) is 0.344. The summed E-state index contributed by atoms with van der Waals surface area (Å²) in [7, 11) is -2.43. The molecule has 202 valence electrons. The number of hydrogen-bond acceptors (Lipinski definition) is 8. The van der Waals surface area contributed by atoms with Crippen LogP contribution in [0, 0.1) is 5.41 Å². The number of rotatable bonds is 7. The van der Waals surface area contributed by atoms with Crippen LogP contribution in [0.25, 0.3) is 0 Å². The first kappa shape index (κ1) is 31.6. The van der Waals surface area contributed by atoms with Gasteiger partial charge in [-0.05, 0) is 30.3 Å². The third-order valence-corrected chi connectivity index (χ3v) is 12.3. The van der Waals surface area contributed by atoms with Gasteiger partial charge in [0.15, 0.2) is 14.4 Å². The van der Waals surface area contributed by atoms with Crippen molar-refractivity contribution < 1.29 is 33.0 Å². The lowest BCUT2D eigenvalue weighted by Gasteiger charge is -2.48. The summed E-state index contributed by atoms with van der Waals surface area (Å²) in [6.07, 6.45) is -3.80. The third-order valence-electron chi connectivity index (χ3n) is 6.00. The molecule has 1 heterocycles. The summed E-state index contributed by atoms with van der Waals surface area (Å²) in [5.74, 6) is -1.77. The number of carbonyl (C=O) groups is 2. The van der Waals surface area contributed by atoms with Crippen LogP contribution >= 0.6 is 57.4 Å². The summed E-state index contributed by atoms with van der Waals surface area (Å²) < 4.78 is 26.8. The monoisotopic (exact) mass is 693 g/mol. The minimum Gasteiger partial charge on any atom is -0.463 e. The Kier molecular flexibility index (Phi) is 11.0. The Morgan fingerprint density at radius 1 is 1.08 bits per heavy atom. The maximum absolute atomic E-state index is 13.1. The second kappa shape index (κ2) is 12.5. The lowest BCUT2D eigenvalue weighted by atomic mass is 10.0. The molecular weight excluding hydrogens is 664 g/mol. The Labute approximate surface area is 241 Å². The van der Waals surface area contributed by atoms with E-state index in [1.165, 1.54) is 6.92 Å². The van der Waals surface area contributed by atoms with Crippen LogP contribution < -0.4 is 0 Å². The van der Waals surface area contributed by atoms with E-state index in [4.69, 9.17) is 63.6 Å². The first-order valence-electron chi connectivity index (χ1n) is 11.1. The minimum absolute atomic E-state index is 0.179. The van der Waals surface area contributed by atoms with E-state index in [0.29, 0.717) is 5.56 Å². The number of nitrogens with one attached hydrogen (secondary N) is 1. The Morgan fingerprint density at radius 3 is 2.17 bits per heavy atom. The Hall–Kier alpha value is -0.633. The van der Waals surface area contributed by atoms with Gasteiger partial charge < -0.3 is 23.4 Å². The average Bonchev–Trinajstić information content (AvgIpc) is 2.75. The maximum Gasteiger partial charge on any atom is 0.338 e. The van der Waals surface area contributed by atoms with Gasteiger partial charge in [-0.1, -0.05) is 96.4 Å². The summed E-state index contributed by atoms with van der Waals surface area (Å²) in [4.78, 5) is 24.7. The molecule has 13 heteroatoms. The standard InChI is InChI=1S/C23H31Cl3INO7Si/c1-13(29)31-12-15-17(33-19(30)14-10-8-7-9-11-14)18(35-36(5,6)22(2,3)4)16(27)20(32-15)34-21(28)23(24,25)26/h7-11,15-18,20,28H,12H2,1-6H3/t15-,16-,17-,18-,20-/m1/s1. The SMILES string of the molecule is CC(=O)OC[C@H]1O[C@H](OC(=N)C(Cl)(Cl)Cl)[C@H](I)[C@@H](O[Si](C)(C)C(C)(C)C)[C@@H]1OC(=O)c1ccccc1. The zero-order chi connectivity index (χ0) is 27.5. The average molecular weight is 695 g/mol. The van der Waals surface area contributed by atoms with Gasteiger partial charge in [0, 0.05) is 6.92 Å². The van der Waals surface area contributed by atoms with Crippen LogP contribution in [0.2, 0.25) is 18.1 Å². The molecule has 2 rings (SSSR count). The highest BCUT2D eigenvalue weighted by Crippen LogP contribution is 2.42. The predicted molar refractivity (Wildman–Crippen MR) is 150 cm³/mol. The molecule has 1 fully saturated rings. The largest absolute Gasteiger partial charge is 0.463 e. The molecule has 1 aromatic carbocycles. The second-order valence-corrected chi connectivity index (χ2v) is 18.3. The van der Waals surface area contributed by atoms with Crippen molar-refractivity contribution in [2.24, 2.45) is 0 Å². The number of alkyl halides is 4. The van der Waals surface area contributed by atoms with Crippen LogP contribution in [0.4, 0.5) is 0 Å². The fourth-order valence-electron chi connectivity index (χ4n) is 3.04. The van der Waals surface area contributed by atoms with Crippen molar-refractivity contribution in [3.8, 4) is 0 Å². The van der Waals surface area contributed by atoms with Crippen molar-refractivity contribution in [3.05, 3.63) is 35.9 Å². The third kappa shape index (κ3) is 8.44. The molecule has 0 bridgehead atoms. The van der Waals surface area contributed by atoms with Crippen LogP contribution in [-0.2, 0) is 28.2 Å². The van der Waals surface area contributed by atoms with Gasteiger partial charge in [-0.3, -0.25) is 10.2 Å². The molecule has 1 aliphatic heterocycles. The van der Waals surface area contributed by atoms with E-state index in [-0.39, 0.29) is 11.6 Å². The normalized spacial score (nSPS) is 25.1. The molecule has 1 aromatic rings. The second-order valence-electron chi connectivity index (χ2n) is 9.81. The molecule has 1 aliphatic rings. The first-order valence-corrected chi connectivity index (χ1v) is 16.4. The van der Waals surface area contributed by atoms with Crippen LogP contribution in [0.3, 0.4) is 0 Å². The van der Waals surface area contributed by atoms with E-state index >= 15 is 0 Å². The van der Waals surface area contributed by atoms with Crippen molar-refractivity contribution in [1.29, 1.82) is 5.41 Å². The number of carbonyl (C=O) groups excluding carboxylic acids is 2. The molecule has 0 aromatic heterocycles. The van der Waals surface area contributed by atoms with E-state index < -0.39 is 58.5 Å². The van der Waals surface area contributed by atoms with Crippen molar-refractivity contribution in [3.63, 3.8) is 0 Å². The van der Waals surface area contributed by atoms with Gasteiger partial charge in [0.25, 0.3) is 3.79 Å². The molecule has 1 saturated heterocycles. The molecule has 0 saturated carbocycles. The van der Waals surface area contributed by atoms with E-state index in [2.05, 4.69) is 56.5 Å². The van der Waals surface area contributed by atoms with Gasteiger partial charge >= 0.3 is 11.9 Å². The topological polar surface area (TPSA) is 104 Å². The van der Waals surface area contributed by atoms with Crippen LogP contribution in [0.1, 0.15) is 38.1 Å². The van der Waals surface area contributed by atoms with Gasteiger partial charge in [-0.15, -0.1) is 0 Å². The summed E-state index contributed by atoms with van der Waals surface area (Å²) >= 11 is 19.5. The molecule has 36 heavy (non-hydrogen) atoms. The lowest BCUT2D eigenvalue weighted by Crippen LogP contribution is -2.63. The minimum atomic E-state index is -2.43. The van der Waals surface area contributed by atoms with Crippen molar-refractivity contribution in [2.75, 3.05) is 6.61 Å². The Balaban J connectivity index is 2.48. The number of esters is 2. The van der Waals surface area contributed by atoms with Crippen molar-refractivity contribution in [1.82, 2.24) is 0 Å². The van der Waals surface area contributed by atoms with Crippen molar-refractivity contribution in [2.45, 2.75) is 78.1 Å². The first-order chi connectivity index (χ1) is 16.4. The summed E-state index contributed by atoms with van der Waals surface area (Å²) in [6, 6.07) is 8.50. The van der Waals surface area contributed by atoms with Gasteiger partial charge in [0.2, 0.25) is 12.2 Å². The van der Waals surface area contributed by atoms with E-state index in [9.17, 15) is 9.59 Å². The molecule has 0 amide bonds. The van der Waals surface area contributed by atoms with E-state index in [0.717, 1.165) is 0 Å². The number of hydrogen-bond donors (Lipinski definition) is 1. The number of ether oxygens (including phenoxy) is 4. The molecular formula is C23H31Cl3INO7Si. The fourth-order valence-corrected chi connectivity index (χ4v) is 5.64. The molecule has 0 unspecified atom stereocenters. The summed E-state index contributed by atoms with van der Waals surface area (Å²) in [6.45, 7) is 11.4.